The fourth-order valence-electron chi connectivity index (χ4n) is 14.8. The Morgan fingerprint density at radius 2 is 0.500 bits per heavy atom. The van der Waals surface area contributed by atoms with Crippen LogP contribution in [0.5, 0.6) is 0 Å². The zero-order chi connectivity index (χ0) is 61.1. The van der Waals surface area contributed by atoms with E-state index in [1.165, 1.54) is 165 Å². The number of anilines is 6. The minimum atomic E-state index is 1.11. The molecule has 0 radical (unpaired) electrons. The van der Waals surface area contributed by atoms with Crippen LogP contribution in [0.3, 0.4) is 0 Å². The average molecular weight is 1150 g/mol. The standard InChI is InChI=1S/C88H68N2/c1-53-21-35-63(36-22-53)77(64-37-23-54(2)24-38-64)51-61-31-43-67(44-32-61)89(79-47-29-57(5)49-59(79)7)87-73-17-9-13-69-71-15-11-19-75-83(71)86-84-72(70-14-10-18-74(87)82(70)85(86)81(69)73)16-12-20-76(84)88(75)90(80-48-30-58(6)50-60(80)8)68-45-33-62(34-46-68)52-78(65-39-25-55(3)26-40-65)66-41-27-56(4)28-42-66/h9-52H,1-8H3. The molecule has 90 heavy (non-hydrogen) atoms. The summed E-state index contributed by atoms with van der Waals surface area (Å²) in [6.07, 6.45) is 4.70. The van der Waals surface area contributed by atoms with Gasteiger partial charge in [-0.15, -0.1) is 0 Å². The summed E-state index contributed by atoms with van der Waals surface area (Å²) in [5.41, 5.74) is 26.3. The Labute approximate surface area is 527 Å². The van der Waals surface area contributed by atoms with Gasteiger partial charge in [-0.25, -0.2) is 0 Å². The van der Waals surface area contributed by atoms with Crippen LogP contribution in [0.1, 0.15) is 77.9 Å². The molecule has 0 amide bonds. The van der Waals surface area contributed by atoms with Gasteiger partial charge in [-0.3, -0.25) is 0 Å². The molecule has 0 aromatic heterocycles. The second-order valence-corrected chi connectivity index (χ2v) is 25.4. The molecule has 0 spiro atoms. The lowest BCUT2D eigenvalue weighted by atomic mass is 9.79. The highest BCUT2D eigenvalue weighted by Crippen LogP contribution is 2.58. The van der Waals surface area contributed by atoms with Crippen molar-refractivity contribution in [3.63, 3.8) is 0 Å². The van der Waals surface area contributed by atoms with Crippen molar-refractivity contribution in [3.8, 4) is 0 Å². The van der Waals surface area contributed by atoms with Gasteiger partial charge in [-0.1, -0.05) is 252 Å². The van der Waals surface area contributed by atoms with Gasteiger partial charge in [0.2, 0.25) is 0 Å². The maximum Gasteiger partial charge on any atom is 0.0619 e. The molecular weight excluding hydrogens is 1080 g/mol. The summed E-state index contributed by atoms with van der Waals surface area (Å²) >= 11 is 0. The Bertz CT molecular complexity index is 4920. The van der Waals surface area contributed by atoms with Crippen molar-refractivity contribution >= 4 is 133 Å². The molecule has 16 aromatic carbocycles. The molecule has 430 valence electrons. The largest absolute Gasteiger partial charge is 0.309 e. The summed E-state index contributed by atoms with van der Waals surface area (Å²) in [5.74, 6) is 0. The molecule has 0 bridgehead atoms. The normalized spacial score (nSPS) is 11.8. The minimum Gasteiger partial charge on any atom is -0.309 e. The summed E-state index contributed by atoms with van der Waals surface area (Å²) in [4.78, 5) is 5.13. The molecular formula is C88H68N2. The monoisotopic (exact) mass is 1150 g/mol. The molecule has 0 aliphatic carbocycles. The second kappa shape index (κ2) is 21.5. The highest BCUT2D eigenvalue weighted by molar-refractivity contribution is 6.51. The number of benzene rings is 16. The van der Waals surface area contributed by atoms with Crippen LogP contribution in [-0.2, 0) is 0 Å². The van der Waals surface area contributed by atoms with Gasteiger partial charge in [0, 0.05) is 76.6 Å². The molecule has 2 nitrogen and oxygen atoms in total. The Kier molecular flexibility index (Phi) is 13.0. The third-order valence-electron chi connectivity index (χ3n) is 19.1. The highest BCUT2D eigenvalue weighted by atomic mass is 15.2. The maximum atomic E-state index is 2.56. The Balaban J connectivity index is 0.929. The summed E-state index contributed by atoms with van der Waals surface area (Å²) in [7, 11) is 0. The van der Waals surface area contributed by atoms with Gasteiger partial charge in [0.05, 0.1) is 11.4 Å². The van der Waals surface area contributed by atoms with E-state index in [-0.39, 0.29) is 0 Å². The molecule has 0 N–H and O–H groups in total. The van der Waals surface area contributed by atoms with Crippen LogP contribution in [-0.4, -0.2) is 0 Å². The second-order valence-electron chi connectivity index (χ2n) is 25.4. The van der Waals surface area contributed by atoms with E-state index in [0.29, 0.717) is 0 Å². The summed E-state index contributed by atoms with van der Waals surface area (Å²) in [5, 5.41) is 17.8. The van der Waals surface area contributed by atoms with Crippen molar-refractivity contribution < 1.29 is 0 Å². The van der Waals surface area contributed by atoms with E-state index in [1.807, 2.05) is 0 Å². The number of rotatable bonds is 12. The summed E-state index contributed by atoms with van der Waals surface area (Å²) in [6.45, 7) is 17.6. The van der Waals surface area contributed by atoms with E-state index in [2.05, 4.69) is 332 Å². The quantitative estimate of drug-likeness (QED) is 0.0683. The fourth-order valence-corrected chi connectivity index (χ4v) is 14.8. The van der Waals surface area contributed by atoms with Gasteiger partial charge in [-0.05, 0) is 181 Å². The first kappa shape index (κ1) is 54.6. The Hall–Kier alpha value is -10.8. The molecule has 0 aliphatic rings. The summed E-state index contributed by atoms with van der Waals surface area (Å²) in [6, 6.07) is 96.4. The van der Waals surface area contributed by atoms with Crippen LogP contribution in [0, 0.1) is 55.4 Å². The third kappa shape index (κ3) is 9.00. The predicted molar refractivity (Wildman–Crippen MR) is 390 cm³/mol. The molecule has 0 saturated carbocycles. The molecule has 16 aromatic rings. The molecule has 0 atom stereocenters. The molecule has 0 aliphatic heterocycles. The van der Waals surface area contributed by atoms with Gasteiger partial charge in [-0.2, -0.15) is 0 Å². The van der Waals surface area contributed by atoms with Gasteiger partial charge >= 0.3 is 0 Å². The molecule has 0 unspecified atom stereocenters. The molecule has 2 heteroatoms. The Morgan fingerprint density at radius 1 is 0.244 bits per heavy atom. The van der Waals surface area contributed by atoms with Crippen LogP contribution in [0.4, 0.5) is 34.1 Å². The first-order valence-electron chi connectivity index (χ1n) is 31.6. The smallest absolute Gasteiger partial charge is 0.0619 e. The van der Waals surface area contributed by atoms with Crippen LogP contribution in [0.15, 0.2) is 255 Å². The van der Waals surface area contributed by atoms with Crippen LogP contribution in [0.25, 0.3) is 98.7 Å². The molecule has 0 saturated heterocycles. The van der Waals surface area contributed by atoms with Crippen LogP contribution < -0.4 is 9.80 Å². The lowest BCUT2D eigenvalue weighted by molar-refractivity contribution is 1.25. The average Bonchev–Trinajstić information content (AvgIpc) is 0.668. The van der Waals surface area contributed by atoms with Gasteiger partial charge < -0.3 is 9.80 Å². The van der Waals surface area contributed by atoms with E-state index in [9.17, 15) is 0 Å². The number of nitrogens with zero attached hydrogens (tertiary/aromatic N) is 2. The first-order chi connectivity index (χ1) is 43.9. The van der Waals surface area contributed by atoms with Crippen molar-refractivity contribution in [3.05, 3.63) is 333 Å². The fraction of sp³-hybridized carbons (Fsp3) is 0.0909. The number of aryl methyl sites for hydroxylation is 8. The number of hydrogen-bond acceptors (Lipinski definition) is 2. The summed E-state index contributed by atoms with van der Waals surface area (Å²) < 4.78 is 0. The van der Waals surface area contributed by atoms with Crippen molar-refractivity contribution in [1.82, 2.24) is 0 Å². The van der Waals surface area contributed by atoms with E-state index < -0.39 is 0 Å². The van der Waals surface area contributed by atoms with Crippen molar-refractivity contribution in [2.75, 3.05) is 9.80 Å². The van der Waals surface area contributed by atoms with Crippen molar-refractivity contribution in [1.29, 1.82) is 0 Å². The van der Waals surface area contributed by atoms with Gasteiger partial charge in [0.15, 0.2) is 0 Å². The molecule has 0 fully saturated rings. The van der Waals surface area contributed by atoms with Crippen molar-refractivity contribution in [2.45, 2.75) is 55.4 Å². The van der Waals surface area contributed by atoms with Crippen LogP contribution in [0.2, 0.25) is 0 Å². The number of hydrogen-bond donors (Lipinski definition) is 0. The third-order valence-corrected chi connectivity index (χ3v) is 19.1. The maximum absolute atomic E-state index is 2.56. The predicted octanol–water partition coefficient (Wildman–Crippen LogP) is 24.7. The van der Waals surface area contributed by atoms with Crippen molar-refractivity contribution in [2.24, 2.45) is 0 Å². The van der Waals surface area contributed by atoms with E-state index in [1.54, 1.807) is 0 Å². The number of fused-ring (bicyclic) bond motifs is 2. The van der Waals surface area contributed by atoms with E-state index in [4.69, 9.17) is 0 Å². The first-order valence-corrected chi connectivity index (χ1v) is 31.6. The molecule has 0 heterocycles. The SMILES string of the molecule is Cc1ccc(C(=Cc2ccc(N(c3ccc(C)cc3C)c3c4cccc5c6cccc7c(N(c8ccc(C=C(c9ccc(C)cc9)c9ccc(C)cc9)cc8)c8ccc(C)cc8C)c8cccc9c%10cccc3c%10c(c45)c(c76)c89)cc2)c2ccc(C)cc2)cc1. The van der Waals surface area contributed by atoms with E-state index >= 15 is 0 Å². The topological polar surface area (TPSA) is 6.48 Å². The van der Waals surface area contributed by atoms with Gasteiger partial charge in [0.1, 0.15) is 0 Å². The molecule has 16 rings (SSSR count). The highest BCUT2D eigenvalue weighted by Gasteiger charge is 2.31. The zero-order valence-corrected chi connectivity index (χ0v) is 52.3. The van der Waals surface area contributed by atoms with E-state index in [0.717, 1.165) is 33.9 Å². The van der Waals surface area contributed by atoms with Gasteiger partial charge in [0.25, 0.3) is 0 Å². The lowest BCUT2D eigenvalue weighted by Gasteiger charge is -2.33. The Morgan fingerprint density at radius 3 is 0.767 bits per heavy atom. The zero-order valence-electron chi connectivity index (χ0n) is 52.3. The van der Waals surface area contributed by atoms with Crippen LogP contribution >= 0.6 is 0 Å². The minimum absolute atomic E-state index is 1.11. The lowest BCUT2D eigenvalue weighted by Crippen LogP contribution is -2.14.